The number of hydrogen-bond acceptors (Lipinski definition) is 20. The van der Waals surface area contributed by atoms with Crippen LogP contribution in [-0.2, 0) is 42.6 Å². The van der Waals surface area contributed by atoms with Crippen molar-refractivity contribution in [1.82, 2.24) is 0 Å². The van der Waals surface area contributed by atoms with Crippen LogP contribution in [0.25, 0.3) is 0 Å². The number of hydrogen-bond donors (Lipinski definition) is 11. The van der Waals surface area contributed by atoms with Crippen LogP contribution in [-0.4, -0.2) is 203 Å². The molecule has 0 spiro atoms. The molecule has 0 radical (unpaired) electrons. The van der Waals surface area contributed by atoms with Gasteiger partial charge in [-0.3, -0.25) is 0 Å². The van der Waals surface area contributed by atoms with Crippen molar-refractivity contribution in [1.29, 1.82) is 0 Å². The SMILES string of the molecule is CCC1(C)OC(OCC2(C)OC(C)(OCC3(C)OC(C)(OC)C(C)(O)C(C)(O)C3(C)O)C(C)(O)C(C)(OC3(C)OC(C)(COC)C(C)(O)C(C)(O)C3(C)O)C2(C)O)C(C)(O)C(C)(O)C1(C)O. The fourth-order valence-electron chi connectivity index (χ4n) is 10.9. The zero-order valence-corrected chi connectivity index (χ0v) is 43.5. The maximum atomic E-state index is 13.3. The third kappa shape index (κ3) is 6.62. The highest BCUT2D eigenvalue weighted by atomic mass is 16.8. The summed E-state index contributed by atoms with van der Waals surface area (Å²) in [4.78, 5) is 0. The van der Waals surface area contributed by atoms with Gasteiger partial charge in [0.05, 0.1) is 25.4 Å². The summed E-state index contributed by atoms with van der Waals surface area (Å²) in [5.74, 6) is -6.99. The summed E-state index contributed by atoms with van der Waals surface area (Å²) in [7, 11) is 2.56. The van der Waals surface area contributed by atoms with Gasteiger partial charge in [0.15, 0.2) is 23.7 Å². The third-order valence-electron chi connectivity index (χ3n) is 19.5. The minimum atomic E-state index is -2.67. The Balaban J connectivity index is 2.00. The molecule has 0 aliphatic carbocycles. The average Bonchev–Trinajstić information content (AvgIpc) is 3.15. The van der Waals surface area contributed by atoms with Gasteiger partial charge in [-0.25, -0.2) is 0 Å². The summed E-state index contributed by atoms with van der Waals surface area (Å²) in [5, 5.41) is 134. The van der Waals surface area contributed by atoms with Gasteiger partial charge in [-0.05, 0) is 138 Å². The van der Waals surface area contributed by atoms with Crippen molar-refractivity contribution in [2.45, 2.75) is 258 Å². The topological polar surface area (TPSA) is 306 Å². The van der Waals surface area contributed by atoms with E-state index < -0.39 is 126 Å². The molecule has 4 aliphatic heterocycles. The summed E-state index contributed by atoms with van der Waals surface area (Å²) >= 11 is 0. The summed E-state index contributed by atoms with van der Waals surface area (Å²) in [5.41, 5.74) is -36.5. The molecule has 0 bridgehead atoms. The number of aliphatic hydroxyl groups is 11. The molecule has 4 rings (SSSR count). The molecular formula is C46H86O20. The molecule has 4 aliphatic rings. The van der Waals surface area contributed by atoms with Crippen molar-refractivity contribution >= 4 is 0 Å². The molecule has 0 aromatic carbocycles. The normalized spacial score (nSPS) is 61.5. The molecule has 20 atom stereocenters. The van der Waals surface area contributed by atoms with E-state index >= 15 is 0 Å². The van der Waals surface area contributed by atoms with Crippen LogP contribution in [0.2, 0.25) is 0 Å². The largest absolute Gasteiger partial charge is 0.384 e. The van der Waals surface area contributed by atoms with Crippen LogP contribution in [0.3, 0.4) is 0 Å². The molecular weight excluding hydrogens is 872 g/mol. The van der Waals surface area contributed by atoms with Gasteiger partial charge < -0.3 is 98.8 Å². The van der Waals surface area contributed by atoms with Crippen LogP contribution in [0.15, 0.2) is 0 Å². The molecule has 0 amide bonds. The van der Waals surface area contributed by atoms with E-state index in [9.17, 15) is 56.2 Å². The maximum Gasteiger partial charge on any atom is 0.198 e. The standard InChI is InChI=1S/C46H86O20/c1-23-28(2)33(7,48)37(11,52)32(6,47)27(62-28)60-25-30(4)36(10,51)43(17,66-46(20)41(15,56)39(13,54)34(8,49)29(3,65-46)24-58-21)42(16,57)45(19,64-30)61-26-31(5)35(9,50)38(12,53)40(14,55)44(18,59-22)63-31/h27,47-57H,23-26H2,1-22H3. The smallest absolute Gasteiger partial charge is 0.198 e. The van der Waals surface area contributed by atoms with Crippen LogP contribution in [0.1, 0.15) is 145 Å². The number of ether oxygens (including phenoxy) is 9. The molecule has 0 saturated carbocycles. The first-order valence-corrected chi connectivity index (χ1v) is 22.5. The maximum absolute atomic E-state index is 13.3. The molecule has 4 saturated heterocycles. The van der Waals surface area contributed by atoms with E-state index in [0.29, 0.717) is 0 Å². The van der Waals surface area contributed by atoms with E-state index in [2.05, 4.69) is 0 Å². The van der Waals surface area contributed by atoms with Gasteiger partial charge >= 0.3 is 0 Å². The van der Waals surface area contributed by atoms with Gasteiger partial charge in [-0.15, -0.1) is 0 Å². The van der Waals surface area contributed by atoms with Gasteiger partial charge in [0.2, 0.25) is 0 Å². The summed E-state index contributed by atoms with van der Waals surface area (Å²) in [6.45, 7) is 24.0. The molecule has 20 nitrogen and oxygen atoms in total. The van der Waals surface area contributed by atoms with E-state index in [1.807, 2.05) is 0 Å². The molecule has 0 aromatic heterocycles. The Kier molecular flexibility index (Phi) is 13.4. The first-order valence-electron chi connectivity index (χ1n) is 22.5. The Labute approximate surface area is 390 Å². The van der Waals surface area contributed by atoms with Gasteiger partial charge in [-0.1, -0.05) is 6.92 Å². The predicted octanol–water partition coefficient (Wildman–Crippen LogP) is 0.389. The lowest BCUT2D eigenvalue weighted by molar-refractivity contribution is -0.526. The Bertz CT molecular complexity index is 1840. The second-order valence-corrected chi connectivity index (χ2v) is 23.1. The van der Waals surface area contributed by atoms with E-state index in [1.54, 1.807) is 6.92 Å². The Hall–Kier alpha value is -0.800. The first kappa shape index (κ1) is 57.8. The van der Waals surface area contributed by atoms with Crippen LogP contribution < -0.4 is 0 Å². The number of methoxy groups -OCH3 is 2. The van der Waals surface area contributed by atoms with Crippen molar-refractivity contribution in [2.24, 2.45) is 0 Å². The van der Waals surface area contributed by atoms with Crippen molar-refractivity contribution in [3.63, 3.8) is 0 Å². The van der Waals surface area contributed by atoms with Crippen LogP contribution >= 0.6 is 0 Å². The zero-order valence-electron chi connectivity index (χ0n) is 43.5. The highest BCUT2D eigenvalue weighted by molar-refractivity contribution is 5.28. The van der Waals surface area contributed by atoms with Crippen LogP contribution in [0, 0.1) is 0 Å². The minimum Gasteiger partial charge on any atom is -0.384 e. The second kappa shape index (κ2) is 15.4. The van der Waals surface area contributed by atoms with E-state index in [4.69, 9.17) is 42.6 Å². The monoisotopic (exact) mass is 959 g/mol. The Morgan fingerprint density at radius 3 is 1.20 bits per heavy atom. The Morgan fingerprint density at radius 2 is 0.773 bits per heavy atom. The van der Waals surface area contributed by atoms with E-state index in [0.717, 1.165) is 6.92 Å². The molecule has 20 unspecified atom stereocenters. The quantitative estimate of drug-likeness (QED) is 0.126. The fourth-order valence-corrected chi connectivity index (χ4v) is 10.9. The lowest BCUT2D eigenvalue weighted by Crippen LogP contribution is -2.90. The number of rotatable bonds is 12. The van der Waals surface area contributed by atoms with Gasteiger partial charge in [0.25, 0.3) is 0 Å². The van der Waals surface area contributed by atoms with Gasteiger partial charge in [0.1, 0.15) is 84.0 Å². The third-order valence-corrected chi connectivity index (χ3v) is 19.5. The molecule has 0 aromatic rings. The summed E-state index contributed by atoms with van der Waals surface area (Å²) in [6, 6.07) is 0. The first-order chi connectivity index (χ1) is 28.8. The highest BCUT2D eigenvalue weighted by Crippen LogP contribution is 2.62. The van der Waals surface area contributed by atoms with Gasteiger partial charge in [-0.2, -0.15) is 0 Å². The predicted molar refractivity (Wildman–Crippen MR) is 234 cm³/mol. The lowest BCUT2D eigenvalue weighted by Gasteiger charge is -2.71. The molecule has 11 N–H and O–H groups in total. The lowest BCUT2D eigenvalue weighted by atomic mass is 9.58. The second-order valence-electron chi connectivity index (χ2n) is 23.1. The van der Waals surface area contributed by atoms with E-state index in [-0.39, 0.29) is 13.0 Å². The molecule has 66 heavy (non-hydrogen) atoms. The van der Waals surface area contributed by atoms with E-state index in [1.165, 1.54) is 139 Å². The minimum absolute atomic E-state index is 0.129. The molecule has 4 heterocycles. The van der Waals surface area contributed by atoms with Crippen molar-refractivity contribution < 1.29 is 98.8 Å². The zero-order chi connectivity index (χ0) is 52.3. The average molecular weight is 959 g/mol. The highest BCUT2D eigenvalue weighted by Gasteiger charge is 2.83. The summed E-state index contributed by atoms with van der Waals surface area (Å²) in [6.07, 6.45) is -1.61. The fraction of sp³-hybridized carbons (Fsp3) is 1.00. The summed E-state index contributed by atoms with van der Waals surface area (Å²) < 4.78 is 56.8. The van der Waals surface area contributed by atoms with Crippen LogP contribution in [0.4, 0.5) is 0 Å². The van der Waals surface area contributed by atoms with Crippen molar-refractivity contribution in [3.05, 3.63) is 0 Å². The molecule has 20 heteroatoms. The molecule has 390 valence electrons. The van der Waals surface area contributed by atoms with Crippen molar-refractivity contribution in [2.75, 3.05) is 34.0 Å². The van der Waals surface area contributed by atoms with Gasteiger partial charge in [0, 0.05) is 14.2 Å². The van der Waals surface area contributed by atoms with Crippen molar-refractivity contribution in [3.8, 4) is 0 Å². The molecule has 4 fully saturated rings. The Morgan fingerprint density at radius 1 is 0.394 bits per heavy atom. The van der Waals surface area contributed by atoms with Crippen LogP contribution in [0.5, 0.6) is 0 Å².